The van der Waals surface area contributed by atoms with Crippen molar-refractivity contribution in [2.75, 3.05) is 18.1 Å². The lowest BCUT2D eigenvalue weighted by Gasteiger charge is -2.26. The molecule has 0 aliphatic carbocycles. The van der Waals surface area contributed by atoms with E-state index in [1.54, 1.807) is 4.90 Å². The van der Waals surface area contributed by atoms with Crippen molar-refractivity contribution in [1.29, 1.82) is 0 Å². The van der Waals surface area contributed by atoms with E-state index in [1.165, 1.54) is 0 Å². The Morgan fingerprint density at radius 3 is 2.08 bits per heavy atom. The number of hydrogen-bond donors (Lipinski definition) is 0. The van der Waals surface area contributed by atoms with Gasteiger partial charge in [0.05, 0.1) is 6.61 Å². The first kappa shape index (κ1) is 17.9. The molecule has 0 heterocycles. The minimum Gasteiger partial charge on any atom is -0.494 e. The molecular formula is C20H25NO3. The van der Waals surface area contributed by atoms with E-state index >= 15 is 0 Å². The SMILES string of the molecule is CCCOc1ccc(OCC(=O)N(c2ccccc2)C(C)C)cc1. The van der Waals surface area contributed by atoms with Crippen molar-refractivity contribution in [3.63, 3.8) is 0 Å². The van der Waals surface area contributed by atoms with Crippen molar-refractivity contribution in [3.8, 4) is 11.5 Å². The maximum Gasteiger partial charge on any atom is 0.265 e. The van der Waals surface area contributed by atoms with Gasteiger partial charge in [0.2, 0.25) is 0 Å². The van der Waals surface area contributed by atoms with Gasteiger partial charge < -0.3 is 14.4 Å². The first-order valence-corrected chi connectivity index (χ1v) is 8.34. The zero-order chi connectivity index (χ0) is 17.4. The Labute approximate surface area is 144 Å². The maximum absolute atomic E-state index is 12.5. The highest BCUT2D eigenvalue weighted by Crippen LogP contribution is 2.19. The third-order valence-electron chi connectivity index (χ3n) is 3.48. The van der Waals surface area contributed by atoms with Crippen LogP contribution in [-0.4, -0.2) is 25.2 Å². The molecule has 0 bridgehead atoms. The number of para-hydroxylation sites is 1. The first-order valence-electron chi connectivity index (χ1n) is 8.34. The Hall–Kier alpha value is -2.49. The van der Waals surface area contributed by atoms with Crippen LogP contribution >= 0.6 is 0 Å². The summed E-state index contributed by atoms with van der Waals surface area (Å²) in [6.07, 6.45) is 0.970. The van der Waals surface area contributed by atoms with E-state index in [0.29, 0.717) is 12.4 Å². The number of amides is 1. The van der Waals surface area contributed by atoms with Gasteiger partial charge in [0, 0.05) is 11.7 Å². The number of benzene rings is 2. The van der Waals surface area contributed by atoms with E-state index in [1.807, 2.05) is 68.4 Å². The Balaban J connectivity index is 1.95. The van der Waals surface area contributed by atoms with Gasteiger partial charge in [0.25, 0.3) is 5.91 Å². The monoisotopic (exact) mass is 327 g/mol. The third-order valence-corrected chi connectivity index (χ3v) is 3.48. The second-order valence-electron chi connectivity index (χ2n) is 5.80. The van der Waals surface area contributed by atoms with Crippen LogP contribution in [0.2, 0.25) is 0 Å². The molecule has 2 rings (SSSR count). The summed E-state index contributed by atoms with van der Waals surface area (Å²) in [5, 5.41) is 0. The Bertz CT molecular complexity index is 623. The molecule has 0 atom stereocenters. The first-order chi connectivity index (χ1) is 11.6. The summed E-state index contributed by atoms with van der Waals surface area (Å²) in [4.78, 5) is 14.3. The minimum absolute atomic E-state index is 0.00222. The maximum atomic E-state index is 12.5. The Morgan fingerprint density at radius 1 is 0.958 bits per heavy atom. The molecule has 0 radical (unpaired) electrons. The lowest BCUT2D eigenvalue weighted by molar-refractivity contribution is -0.120. The molecule has 0 fully saturated rings. The second kappa shape index (κ2) is 8.96. The highest BCUT2D eigenvalue weighted by atomic mass is 16.5. The number of nitrogens with zero attached hydrogens (tertiary/aromatic N) is 1. The Kier molecular flexibility index (Phi) is 6.67. The summed E-state index contributed by atoms with van der Waals surface area (Å²) in [7, 11) is 0. The van der Waals surface area contributed by atoms with Crippen LogP contribution in [0.1, 0.15) is 27.2 Å². The van der Waals surface area contributed by atoms with Gasteiger partial charge in [0.1, 0.15) is 11.5 Å². The zero-order valence-corrected chi connectivity index (χ0v) is 14.6. The van der Waals surface area contributed by atoms with E-state index in [-0.39, 0.29) is 18.6 Å². The normalized spacial score (nSPS) is 10.5. The lowest BCUT2D eigenvalue weighted by atomic mass is 10.2. The molecule has 0 aliphatic rings. The standard InChI is InChI=1S/C20H25NO3/c1-4-14-23-18-10-12-19(13-11-18)24-15-20(22)21(16(2)3)17-8-6-5-7-9-17/h5-13,16H,4,14-15H2,1-3H3. The summed E-state index contributed by atoms with van der Waals surface area (Å²) in [6, 6.07) is 17.1. The van der Waals surface area contributed by atoms with Crippen LogP contribution in [0.25, 0.3) is 0 Å². The molecule has 128 valence electrons. The van der Waals surface area contributed by atoms with Crippen molar-refractivity contribution in [1.82, 2.24) is 0 Å². The molecule has 1 amide bonds. The van der Waals surface area contributed by atoms with Crippen LogP contribution in [0.4, 0.5) is 5.69 Å². The number of anilines is 1. The number of carbonyl (C=O) groups excluding carboxylic acids is 1. The molecule has 2 aromatic carbocycles. The minimum atomic E-state index is -0.0671. The topological polar surface area (TPSA) is 38.8 Å². The van der Waals surface area contributed by atoms with Gasteiger partial charge in [-0.15, -0.1) is 0 Å². The lowest BCUT2D eigenvalue weighted by Crippen LogP contribution is -2.40. The summed E-state index contributed by atoms with van der Waals surface area (Å²) in [6.45, 7) is 6.74. The van der Waals surface area contributed by atoms with Crippen LogP contribution < -0.4 is 14.4 Å². The summed E-state index contributed by atoms with van der Waals surface area (Å²) in [5.41, 5.74) is 0.879. The fourth-order valence-corrected chi connectivity index (χ4v) is 2.39. The van der Waals surface area contributed by atoms with Crippen molar-refractivity contribution in [2.45, 2.75) is 33.2 Å². The van der Waals surface area contributed by atoms with Gasteiger partial charge in [-0.25, -0.2) is 0 Å². The Morgan fingerprint density at radius 2 is 1.54 bits per heavy atom. The number of hydrogen-bond acceptors (Lipinski definition) is 3. The average molecular weight is 327 g/mol. The molecule has 0 N–H and O–H groups in total. The molecule has 0 unspecified atom stereocenters. The van der Waals surface area contributed by atoms with E-state index in [2.05, 4.69) is 6.92 Å². The predicted molar refractivity (Wildman–Crippen MR) is 96.8 cm³/mol. The highest BCUT2D eigenvalue weighted by Gasteiger charge is 2.19. The number of carbonyl (C=O) groups is 1. The van der Waals surface area contributed by atoms with Gasteiger partial charge in [-0.3, -0.25) is 4.79 Å². The van der Waals surface area contributed by atoms with E-state index in [4.69, 9.17) is 9.47 Å². The number of ether oxygens (including phenoxy) is 2. The summed E-state index contributed by atoms with van der Waals surface area (Å²) >= 11 is 0. The third kappa shape index (κ3) is 5.01. The van der Waals surface area contributed by atoms with Crippen molar-refractivity contribution in [2.24, 2.45) is 0 Å². The van der Waals surface area contributed by atoms with E-state index in [0.717, 1.165) is 17.9 Å². The molecule has 0 saturated heterocycles. The van der Waals surface area contributed by atoms with Crippen LogP contribution in [0.3, 0.4) is 0 Å². The predicted octanol–water partition coefficient (Wildman–Crippen LogP) is 4.30. The molecular weight excluding hydrogens is 302 g/mol. The molecule has 0 saturated carbocycles. The molecule has 0 spiro atoms. The molecule has 0 aliphatic heterocycles. The largest absolute Gasteiger partial charge is 0.494 e. The smallest absolute Gasteiger partial charge is 0.265 e. The molecule has 24 heavy (non-hydrogen) atoms. The summed E-state index contributed by atoms with van der Waals surface area (Å²) < 4.78 is 11.2. The summed E-state index contributed by atoms with van der Waals surface area (Å²) in [5.74, 6) is 1.40. The molecule has 2 aromatic rings. The highest BCUT2D eigenvalue weighted by molar-refractivity contribution is 5.94. The van der Waals surface area contributed by atoms with Gasteiger partial charge in [-0.2, -0.15) is 0 Å². The van der Waals surface area contributed by atoms with Crippen LogP contribution in [0.15, 0.2) is 54.6 Å². The fraction of sp³-hybridized carbons (Fsp3) is 0.350. The van der Waals surface area contributed by atoms with Crippen molar-refractivity contribution in [3.05, 3.63) is 54.6 Å². The zero-order valence-electron chi connectivity index (χ0n) is 14.6. The van der Waals surface area contributed by atoms with Crippen molar-refractivity contribution >= 4 is 11.6 Å². The number of rotatable bonds is 8. The fourth-order valence-electron chi connectivity index (χ4n) is 2.39. The van der Waals surface area contributed by atoms with Crippen LogP contribution in [-0.2, 0) is 4.79 Å². The van der Waals surface area contributed by atoms with Gasteiger partial charge in [-0.1, -0.05) is 25.1 Å². The van der Waals surface area contributed by atoms with E-state index < -0.39 is 0 Å². The van der Waals surface area contributed by atoms with Crippen molar-refractivity contribution < 1.29 is 14.3 Å². The van der Waals surface area contributed by atoms with E-state index in [9.17, 15) is 4.79 Å². The average Bonchev–Trinajstić information content (AvgIpc) is 2.60. The van der Waals surface area contributed by atoms with Gasteiger partial charge in [0.15, 0.2) is 6.61 Å². The van der Waals surface area contributed by atoms with Gasteiger partial charge in [-0.05, 0) is 56.7 Å². The quantitative estimate of drug-likeness (QED) is 0.726. The second-order valence-corrected chi connectivity index (χ2v) is 5.80. The van der Waals surface area contributed by atoms with Crippen LogP contribution in [0, 0.1) is 0 Å². The molecule has 4 heteroatoms. The molecule has 0 aromatic heterocycles. The van der Waals surface area contributed by atoms with Gasteiger partial charge >= 0.3 is 0 Å². The molecule has 4 nitrogen and oxygen atoms in total. The van der Waals surface area contributed by atoms with Crippen LogP contribution in [0.5, 0.6) is 11.5 Å².